The van der Waals surface area contributed by atoms with Gasteiger partial charge in [0.25, 0.3) is 0 Å². The number of hydrogen-bond donors (Lipinski definition) is 1. The number of nitrogens with one attached hydrogen (secondary N) is 1. The highest BCUT2D eigenvalue weighted by atomic mass is 15.0. The second-order valence-electron chi connectivity index (χ2n) is 4.79. The fourth-order valence-electron chi connectivity index (χ4n) is 1.89. The zero-order chi connectivity index (χ0) is 9.19. The van der Waals surface area contributed by atoms with Gasteiger partial charge in [0.15, 0.2) is 0 Å². The molecule has 1 atom stereocenters. The third kappa shape index (κ3) is 2.94. The lowest BCUT2D eigenvalue weighted by Gasteiger charge is -2.23. The second kappa shape index (κ2) is 3.56. The summed E-state index contributed by atoms with van der Waals surface area (Å²) in [5, 5.41) is 3.49. The third-order valence-electron chi connectivity index (χ3n) is 2.24. The highest BCUT2D eigenvalue weighted by Gasteiger charge is 2.23. The molecule has 70 valence electrons. The van der Waals surface area contributed by atoms with Gasteiger partial charge < -0.3 is 5.32 Å². The van der Waals surface area contributed by atoms with Gasteiger partial charge in [-0.1, -0.05) is 6.92 Å². The van der Waals surface area contributed by atoms with Gasteiger partial charge in [-0.2, -0.15) is 0 Å². The van der Waals surface area contributed by atoms with Gasteiger partial charge in [0.1, 0.15) is 19.8 Å². The summed E-state index contributed by atoms with van der Waals surface area (Å²) in [4.78, 5) is 0. The first-order valence-corrected chi connectivity index (χ1v) is 4.76. The van der Waals surface area contributed by atoms with Gasteiger partial charge in [0.2, 0.25) is 0 Å². The Balaban J connectivity index is 2.69. The molecule has 0 fully saturated rings. The predicted octanol–water partition coefficient (Wildman–Crippen LogP) is 0.965. The van der Waals surface area contributed by atoms with E-state index < -0.39 is 0 Å². The first-order chi connectivity index (χ1) is 5.49. The van der Waals surface area contributed by atoms with E-state index >= 15 is 0 Å². The summed E-state index contributed by atoms with van der Waals surface area (Å²) in [5.41, 5.74) is 0.300. The molecule has 0 aliphatic carbocycles. The monoisotopic (exact) mass is 169 g/mol. The van der Waals surface area contributed by atoms with Crippen LogP contribution < -0.4 is 5.32 Å². The lowest BCUT2D eigenvalue weighted by Crippen LogP contribution is -2.40. The molecule has 0 saturated carbocycles. The van der Waals surface area contributed by atoms with Crippen molar-refractivity contribution in [1.82, 2.24) is 5.32 Å². The quantitative estimate of drug-likeness (QED) is 0.534. The maximum absolute atomic E-state index is 3.49. The zero-order valence-electron chi connectivity index (χ0n) is 8.72. The molecule has 1 rings (SSSR count). The third-order valence-corrected chi connectivity index (χ3v) is 2.24. The fraction of sp³-hybridized carbons (Fsp3) is 0.900. The molecular weight excluding hydrogens is 148 g/mol. The first kappa shape index (κ1) is 9.72. The van der Waals surface area contributed by atoms with E-state index in [9.17, 15) is 0 Å². The van der Waals surface area contributed by atoms with E-state index in [2.05, 4.69) is 43.9 Å². The molecule has 0 radical (unpaired) electrons. The molecule has 0 aromatic carbocycles. The van der Waals surface area contributed by atoms with E-state index in [1.54, 1.807) is 0 Å². The van der Waals surface area contributed by atoms with E-state index in [4.69, 9.17) is 0 Å². The molecule has 1 unspecified atom stereocenters. The van der Waals surface area contributed by atoms with E-state index in [-0.39, 0.29) is 0 Å². The standard InChI is InChI=1S/C10H21N2/c1-9-5-11-7-10(2,3)8-12(4)6-9/h8-9,11H,5-7H2,1-4H3/q+1. The molecule has 1 aliphatic rings. The van der Waals surface area contributed by atoms with Gasteiger partial charge in [-0.05, 0) is 13.8 Å². The number of nitrogens with zero attached hydrogens (tertiary/aromatic N) is 1. The fourth-order valence-corrected chi connectivity index (χ4v) is 1.89. The lowest BCUT2D eigenvalue weighted by atomic mass is 9.94. The van der Waals surface area contributed by atoms with Crippen molar-refractivity contribution in [3.63, 3.8) is 0 Å². The SMILES string of the molecule is CC1CNCC(C)(C)C=[N+](C)C1. The van der Waals surface area contributed by atoms with Crippen molar-refractivity contribution in [3.05, 3.63) is 0 Å². The maximum atomic E-state index is 3.49. The van der Waals surface area contributed by atoms with Crippen LogP contribution in [-0.4, -0.2) is 37.5 Å². The molecule has 2 heteroatoms. The van der Waals surface area contributed by atoms with Crippen LogP contribution in [0.4, 0.5) is 0 Å². The van der Waals surface area contributed by atoms with E-state index in [0.717, 1.165) is 25.6 Å². The van der Waals surface area contributed by atoms with Crippen LogP contribution in [0.15, 0.2) is 0 Å². The summed E-state index contributed by atoms with van der Waals surface area (Å²) in [6.45, 7) is 10.2. The van der Waals surface area contributed by atoms with Crippen molar-refractivity contribution in [2.24, 2.45) is 11.3 Å². The largest absolute Gasteiger partial charge is 0.315 e. The molecule has 0 amide bonds. The Hall–Kier alpha value is -0.370. The second-order valence-corrected chi connectivity index (χ2v) is 4.79. The van der Waals surface area contributed by atoms with E-state index in [1.807, 2.05) is 0 Å². The topological polar surface area (TPSA) is 15.0 Å². The normalized spacial score (nSPS) is 30.3. The van der Waals surface area contributed by atoms with Crippen molar-refractivity contribution in [2.45, 2.75) is 20.8 Å². The van der Waals surface area contributed by atoms with Gasteiger partial charge in [-0.25, -0.2) is 4.58 Å². The van der Waals surface area contributed by atoms with Gasteiger partial charge >= 0.3 is 0 Å². The highest BCUT2D eigenvalue weighted by molar-refractivity contribution is 5.59. The average Bonchev–Trinajstić information content (AvgIpc) is 1.81. The van der Waals surface area contributed by atoms with Crippen molar-refractivity contribution in [3.8, 4) is 0 Å². The summed E-state index contributed by atoms with van der Waals surface area (Å²) in [7, 11) is 2.17. The van der Waals surface area contributed by atoms with Crippen molar-refractivity contribution < 1.29 is 4.58 Å². The summed E-state index contributed by atoms with van der Waals surface area (Å²) in [6, 6.07) is 0. The molecule has 1 N–H and O–H groups in total. The molecule has 1 aliphatic heterocycles. The Morgan fingerprint density at radius 2 is 2.17 bits per heavy atom. The van der Waals surface area contributed by atoms with Crippen LogP contribution in [0.1, 0.15) is 20.8 Å². The molecule has 1 heterocycles. The Morgan fingerprint density at radius 3 is 2.83 bits per heavy atom. The molecule has 2 nitrogen and oxygen atoms in total. The summed E-state index contributed by atoms with van der Waals surface area (Å²) in [5.74, 6) is 0.752. The van der Waals surface area contributed by atoms with Crippen molar-refractivity contribution >= 4 is 6.21 Å². The van der Waals surface area contributed by atoms with Gasteiger partial charge in [0, 0.05) is 19.0 Å². The van der Waals surface area contributed by atoms with E-state index in [0.29, 0.717) is 5.41 Å². The maximum Gasteiger partial charge on any atom is 0.146 e. The van der Waals surface area contributed by atoms with Crippen LogP contribution in [0.25, 0.3) is 0 Å². The summed E-state index contributed by atoms with van der Waals surface area (Å²) < 4.78 is 2.32. The number of hydrogen-bond acceptors (Lipinski definition) is 1. The number of rotatable bonds is 0. The lowest BCUT2D eigenvalue weighted by molar-refractivity contribution is -0.503. The molecule has 0 aromatic heterocycles. The van der Waals surface area contributed by atoms with Crippen LogP contribution in [0, 0.1) is 11.3 Å². The minimum absolute atomic E-state index is 0.300. The van der Waals surface area contributed by atoms with Crippen LogP contribution in [-0.2, 0) is 0 Å². The molecule has 0 bridgehead atoms. The van der Waals surface area contributed by atoms with Crippen LogP contribution >= 0.6 is 0 Å². The van der Waals surface area contributed by atoms with Crippen molar-refractivity contribution in [1.29, 1.82) is 0 Å². The predicted molar refractivity (Wildman–Crippen MR) is 52.9 cm³/mol. The molecule has 12 heavy (non-hydrogen) atoms. The Bertz CT molecular complexity index is 182. The molecule has 0 aromatic rings. The smallest absolute Gasteiger partial charge is 0.146 e. The minimum atomic E-state index is 0.300. The summed E-state index contributed by atoms with van der Waals surface area (Å²) >= 11 is 0. The van der Waals surface area contributed by atoms with E-state index in [1.165, 1.54) is 0 Å². The first-order valence-electron chi connectivity index (χ1n) is 4.76. The Morgan fingerprint density at radius 1 is 1.50 bits per heavy atom. The Labute approximate surface area is 75.7 Å². The molecule has 0 saturated heterocycles. The minimum Gasteiger partial charge on any atom is -0.315 e. The van der Waals surface area contributed by atoms with Gasteiger partial charge in [-0.15, -0.1) is 0 Å². The molecule has 0 spiro atoms. The summed E-state index contributed by atoms with van der Waals surface area (Å²) in [6.07, 6.45) is 2.33. The highest BCUT2D eigenvalue weighted by Crippen LogP contribution is 2.11. The van der Waals surface area contributed by atoms with Gasteiger partial charge in [0.05, 0.1) is 5.41 Å². The zero-order valence-corrected chi connectivity index (χ0v) is 8.72. The molecular formula is C10H21N2+. The van der Waals surface area contributed by atoms with Crippen LogP contribution in [0.5, 0.6) is 0 Å². The average molecular weight is 169 g/mol. The van der Waals surface area contributed by atoms with Gasteiger partial charge in [-0.3, -0.25) is 0 Å². The van der Waals surface area contributed by atoms with Crippen molar-refractivity contribution in [2.75, 3.05) is 26.7 Å². The van der Waals surface area contributed by atoms with Crippen LogP contribution in [0.2, 0.25) is 0 Å². The Kier molecular flexibility index (Phi) is 2.89. The van der Waals surface area contributed by atoms with Crippen LogP contribution in [0.3, 0.4) is 0 Å².